The Kier molecular flexibility index (Phi) is 3.81. The summed E-state index contributed by atoms with van der Waals surface area (Å²) in [4.78, 5) is 1.09. The molecule has 16 heavy (non-hydrogen) atoms. The van der Waals surface area contributed by atoms with Crippen molar-refractivity contribution in [2.75, 3.05) is 0 Å². The van der Waals surface area contributed by atoms with Gasteiger partial charge in [0.15, 0.2) is 0 Å². The number of hydrogen-bond acceptors (Lipinski definition) is 2. The lowest BCUT2D eigenvalue weighted by molar-refractivity contribution is 1.42. The van der Waals surface area contributed by atoms with Gasteiger partial charge in [-0.2, -0.15) is 0 Å². The second-order valence-electron chi connectivity index (χ2n) is 3.40. The van der Waals surface area contributed by atoms with E-state index in [-0.39, 0.29) is 0 Å². The van der Waals surface area contributed by atoms with E-state index in [0.717, 1.165) is 10.5 Å². The van der Waals surface area contributed by atoms with Crippen LogP contribution in [-0.4, -0.2) is 0 Å². The van der Waals surface area contributed by atoms with Crippen molar-refractivity contribution in [2.45, 2.75) is 4.90 Å². The van der Waals surface area contributed by atoms with Crippen molar-refractivity contribution in [3.05, 3.63) is 65.7 Å². The minimum Gasteiger partial charge on any atom is -0.274 e. The van der Waals surface area contributed by atoms with Crippen molar-refractivity contribution in [1.29, 1.82) is 0 Å². The Morgan fingerprint density at radius 2 is 1.50 bits per heavy atom. The molecule has 0 spiro atoms. The summed E-state index contributed by atoms with van der Waals surface area (Å²) in [5, 5.41) is 5.60. The molecule has 0 saturated carbocycles. The zero-order chi connectivity index (χ0) is 11.2. The predicted octanol–water partition coefficient (Wildman–Crippen LogP) is 3.82. The molecule has 80 valence electrons. The fourth-order valence-electron chi connectivity index (χ4n) is 1.48. The van der Waals surface area contributed by atoms with Gasteiger partial charge in [0, 0.05) is 4.90 Å². The molecular formula is C14H13NS. The minimum absolute atomic E-state index is 1.09. The lowest BCUT2D eigenvalue weighted by Crippen LogP contribution is -1.83. The van der Waals surface area contributed by atoms with Crippen LogP contribution in [0.15, 0.2) is 59.5 Å². The first-order valence-corrected chi connectivity index (χ1v) is 5.97. The van der Waals surface area contributed by atoms with Gasteiger partial charge in [0.1, 0.15) is 0 Å². The van der Waals surface area contributed by atoms with Gasteiger partial charge in [-0.3, -0.25) is 5.14 Å². The standard InChI is InChI=1S/C14H13NS/c15-16-14-9-5-4-8-13(14)11-10-12-6-2-1-3-7-12/h1-11H,15H2. The normalized spacial score (nSPS) is 10.8. The van der Waals surface area contributed by atoms with E-state index in [1.165, 1.54) is 17.5 Å². The average Bonchev–Trinajstić information content (AvgIpc) is 2.38. The van der Waals surface area contributed by atoms with E-state index in [2.05, 4.69) is 30.4 Å². The van der Waals surface area contributed by atoms with Gasteiger partial charge in [-0.05, 0) is 29.1 Å². The highest BCUT2D eigenvalue weighted by molar-refractivity contribution is 7.97. The van der Waals surface area contributed by atoms with Crippen molar-refractivity contribution >= 4 is 24.1 Å². The molecule has 1 nitrogen and oxygen atoms in total. The van der Waals surface area contributed by atoms with Crippen molar-refractivity contribution in [3.63, 3.8) is 0 Å². The third-order valence-corrected chi connectivity index (χ3v) is 2.93. The van der Waals surface area contributed by atoms with Gasteiger partial charge < -0.3 is 0 Å². The molecule has 2 aromatic rings. The van der Waals surface area contributed by atoms with E-state index in [4.69, 9.17) is 5.14 Å². The summed E-state index contributed by atoms with van der Waals surface area (Å²) in [7, 11) is 0. The van der Waals surface area contributed by atoms with Crippen molar-refractivity contribution < 1.29 is 0 Å². The molecule has 0 aliphatic carbocycles. The van der Waals surface area contributed by atoms with E-state index >= 15 is 0 Å². The molecule has 0 atom stereocenters. The number of rotatable bonds is 3. The lowest BCUT2D eigenvalue weighted by atomic mass is 10.1. The Balaban J connectivity index is 2.24. The Bertz CT molecular complexity index is 477. The Hall–Kier alpha value is -1.51. The first-order chi connectivity index (χ1) is 7.90. The number of benzene rings is 2. The molecule has 0 bridgehead atoms. The van der Waals surface area contributed by atoms with Gasteiger partial charge >= 0.3 is 0 Å². The molecule has 0 aromatic heterocycles. The van der Waals surface area contributed by atoms with Crippen LogP contribution in [0.5, 0.6) is 0 Å². The maximum absolute atomic E-state index is 5.60. The third-order valence-electron chi connectivity index (χ3n) is 2.30. The van der Waals surface area contributed by atoms with Crippen LogP contribution in [-0.2, 0) is 0 Å². The molecule has 0 aliphatic heterocycles. The van der Waals surface area contributed by atoms with E-state index in [9.17, 15) is 0 Å². The van der Waals surface area contributed by atoms with Crippen LogP contribution in [0, 0.1) is 0 Å². The highest BCUT2D eigenvalue weighted by Crippen LogP contribution is 2.19. The average molecular weight is 227 g/mol. The van der Waals surface area contributed by atoms with Crippen LogP contribution in [0.3, 0.4) is 0 Å². The Morgan fingerprint density at radius 3 is 2.25 bits per heavy atom. The highest BCUT2D eigenvalue weighted by Gasteiger charge is 1.95. The summed E-state index contributed by atoms with van der Waals surface area (Å²) in [5.41, 5.74) is 2.35. The van der Waals surface area contributed by atoms with E-state index in [1.807, 2.05) is 36.4 Å². The maximum atomic E-state index is 5.60. The van der Waals surface area contributed by atoms with Gasteiger partial charge in [-0.15, -0.1) is 0 Å². The Labute approximate surface area is 100 Å². The second-order valence-corrected chi connectivity index (χ2v) is 4.08. The quantitative estimate of drug-likeness (QED) is 0.637. The first-order valence-electron chi connectivity index (χ1n) is 5.09. The molecule has 2 rings (SSSR count). The minimum atomic E-state index is 1.09. The zero-order valence-corrected chi connectivity index (χ0v) is 9.65. The topological polar surface area (TPSA) is 26.0 Å². The molecule has 2 N–H and O–H groups in total. The van der Waals surface area contributed by atoms with Gasteiger partial charge in [0.05, 0.1) is 0 Å². The van der Waals surface area contributed by atoms with Gasteiger partial charge in [0.2, 0.25) is 0 Å². The predicted molar refractivity (Wildman–Crippen MR) is 71.9 cm³/mol. The molecule has 0 unspecified atom stereocenters. The van der Waals surface area contributed by atoms with E-state index in [1.54, 1.807) is 0 Å². The molecule has 0 heterocycles. The third kappa shape index (κ3) is 2.75. The van der Waals surface area contributed by atoms with E-state index in [0.29, 0.717) is 0 Å². The van der Waals surface area contributed by atoms with Crippen LogP contribution in [0.25, 0.3) is 12.2 Å². The van der Waals surface area contributed by atoms with Gasteiger partial charge in [-0.1, -0.05) is 60.7 Å². The lowest BCUT2D eigenvalue weighted by Gasteiger charge is -2.00. The molecule has 2 aromatic carbocycles. The molecule has 0 saturated heterocycles. The molecule has 0 aliphatic rings. The fourth-order valence-corrected chi connectivity index (χ4v) is 1.91. The van der Waals surface area contributed by atoms with Crippen LogP contribution < -0.4 is 5.14 Å². The molecule has 2 heteroatoms. The van der Waals surface area contributed by atoms with Crippen molar-refractivity contribution in [3.8, 4) is 0 Å². The first kappa shape index (κ1) is 11.0. The SMILES string of the molecule is NSc1ccccc1C=Cc1ccccc1. The monoisotopic (exact) mass is 227 g/mol. The summed E-state index contributed by atoms with van der Waals surface area (Å²) in [5.74, 6) is 0. The number of nitrogens with two attached hydrogens (primary N) is 1. The molecule has 0 radical (unpaired) electrons. The zero-order valence-electron chi connectivity index (χ0n) is 8.84. The van der Waals surface area contributed by atoms with E-state index < -0.39 is 0 Å². The molecular weight excluding hydrogens is 214 g/mol. The Morgan fingerprint density at radius 1 is 0.812 bits per heavy atom. The van der Waals surface area contributed by atoms with Crippen LogP contribution in [0.2, 0.25) is 0 Å². The van der Waals surface area contributed by atoms with Gasteiger partial charge in [0.25, 0.3) is 0 Å². The largest absolute Gasteiger partial charge is 0.274 e. The molecule has 0 amide bonds. The van der Waals surface area contributed by atoms with Gasteiger partial charge in [-0.25, -0.2) is 0 Å². The van der Waals surface area contributed by atoms with Crippen molar-refractivity contribution in [2.24, 2.45) is 5.14 Å². The second kappa shape index (κ2) is 5.54. The summed E-state index contributed by atoms with van der Waals surface area (Å²) >= 11 is 1.28. The fraction of sp³-hybridized carbons (Fsp3) is 0. The molecule has 0 fully saturated rings. The summed E-state index contributed by atoms with van der Waals surface area (Å²) < 4.78 is 0. The van der Waals surface area contributed by atoms with Crippen LogP contribution >= 0.6 is 11.9 Å². The van der Waals surface area contributed by atoms with Crippen molar-refractivity contribution in [1.82, 2.24) is 0 Å². The number of hydrogen-bond donors (Lipinski definition) is 1. The summed E-state index contributed by atoms with van der Waals surface area (Å²) in [6, 6.07) is 18.3. The smallest absolute Gasteiger partial charge is 0.0298 e. The summed E-state index contributed by atoms with van der Waals surface area (Å²) in [6.07, 6.45) is 4.18. The highest BCUT2D eigenvalue weighted by atomic mass is 32.2. The van der Waals surface area contributed by atoms with Crippen LogP contribution in [0.1, 0.15) is 11.1 Å². The van der Waals surface area contributed by atoms with Crippen LogP contribution in [0.4, 0.5) is 0 Å². The maximum Gasteiger partial charge on any atom is 0.0298 e. The summed E-state index contributed by atoms with van der Waals surface area (Å²) in [6.45, 7) is 0.